The molecule has 0 radical (unpaired) electrons. The molecule has 2 aromatic carbocycles. The Morgan fingerprint density at radius 2 is 1.84 bits per heavy atom. The molecule has 0 saturated heterocycles. The standard InChI is InChI=1S/C21H12Cl3N3O3S/c22-12-6-4-11(5-7-12)19-25-21(27-26-19)31-17(20(28)29)10-13-8-9-16(30-13)14-2-1-3-15(23)18(14)24/h1-10H,(H,28,29)(H,25,26,27)/b17-10-. The number of carboxylic acids is 1. The Hall–Kier alpha value is -2.71. The summed E-state index contributed by atoms with van der Waals surface area (Å²) in [6, 6.07) is 15.6. The number of aromatic nitrogens is 3. The van der Waals surface area contributed by atoms with Crippen LogP contribution in [-0.2, 0) is 4.79 Å². The maximum atomic E-state index is 11.7. The van der Waals surface area contributed by atoms with Gasteiger partial charge < -0.3 is 9.52 Å². The lowest BCUT2D eigenvalue weighted by atomic mass is 10.2. The van der Waals surface area contributed by atoms with Gasteiger partial charge in [0.15, 0.2) is 5.82 Å². The molecule has 156 valence electrons. The average molecular weight is 493 g/mol. The van der Waals surface area contributed by atoms with Crippen LogP contribution in [0.25, 0.3) is 28.8 Å². The van der Waals surface area contributed by atoms with Crippen molar-refractivity contribution in [2.24, 2.45) is 0 Å². The van der Waals surface area contributed by atoms with Gasteiger partial charge in [-0.2, -0.15) is 0 Å². The molecule has 0 aliphatic rings. The van der Waals surface area contributed by atoms with Crippen LogP contribution in [0.2, 0.25) is 15.1 Å². The fraction of sp³-hybridized carbons (Fsp3) is 0. The van der Waals surface area contributed by atoms with Gasteiger partial charge in [-0.25, -0.2) is 9.78 Å². The topological polar surface area (TPSA) is 92.0 Å². The highest BCUT2D eigenvalue weighted by atomic mass is 35.5. The number of thioether (sulfide) groups is 1. The van der Waals surface area contributed by atoms with Crippen molar-refractivity contribution in [3.05, 3.63) is 80.3 Å². The van der Waals surface area contributed by atoms with Crippen LogP contribution in [0.1, 0.15) is 5.76 Å². The first-order chi connectivity index (χ1) is 14.9. The van der Waals surface area contributed by atoms with Gasteiger partial charge in [-0.15, -0.1) is 5.10 Å². The van der Waals surface area contributed by atoms with Crippen molar-refractivity contribution in [3.8, 4) is 22.7 Å². The van der Waals surface area contributed by atoms with Crippen LogP contribution in [-0.4, -0.2) is 26.3 Å². The number of rotatable bonds is 6. The number of H-pyrrole nitrogens is 1. The molecule has 2 heterocycles. The fourth-order valence-corrected chi connectivity index (χ4v) is 3.87. The summed E-state index contributed by atoms with van der Waals surface area (Å²) in [5, 5.41) is 18.1. The first kappa shape index (κ1) is 21.5. The van der Waals surface area contributed by atoms with E-state index in [9.17, 15) is 9.90 Å². The predicted molar refractivity (Wildman–Crippen MR) is 122 cm³/mol. The quantitative estimate of drug-likeness (QED) is 0.224. The van der Waals surface area contributed by atoms with Crippen LogP contribution < -0.4 is 0 Å². The molecule has 0 atom stereocenters. The van der Waals surface area contributed by atoms with Gasteiger partial charge in [-0.1, -0.05) is 40.9 Å². The van der Waals surface area contributed by atoms with E-state index in [2.05, 4.69) is 15.2 Å². The summed E-state index contributed by atoms with van der Waals surface area (Å²) >= 11 is 19.1. The van der Waals surface area contributed by atoms with Crippen molar-refractivity contribution in [2.75, 3.05) is 0 Å². The predicted octanol–water partition coefficient (Wildman–Crippen LogP) is 6.91. The number of aliphatic carboxylic acids is 1. The number of hydrogen-bond donors (Lipinski definition) is 2. The maximum Gasteiger partial charge on any atom is 0.342 e. The number of carboxylic acid groups (broad SMARTS) is 1. The highest BCUT2D eigenvalue weighted by Gasteiger charge is 2.16. The fourth-order valence-electron chi connectivity index (χ4n) is 2.66. The molecule has 6 nitrogen and oxygen atoms in total. The zero-order valence-corrected chi connectivity index (χ0v) is 18.6. The summed E-state index contributed by atoms with van der Waals surface area (Å²) in [5.41, 5.74) is 1.39. The number of furan rings is 1. The Bertz CT molecular complexity index is 1280. The summed E-state index contributed by atoms with van der Waals surface area (Å²) in [7, 11) is 0. The second-order valence-corrected chi connectivity index (χ2v) is 8.42. The van der Waals surface area contributed by atoms with Crippen molar-refractivity contribution in [1.82, 2.24) is 15.2 Å². The monoisotopic (exact) mass is 491 g/mol. The maximum absolute atomic E-state index is 11.7. The summed E-state index contributed by atoms with van der Waals surface area (Å²) in [6.07, 6.45) is 1.40. The Kier molecular flexibility index (Phi) is 6.38. The zero-order valence-electron chi connectivity index (χ0n) is 15.5. The van der Waals surface area contributed by atoms with Crippen molar-refractivity contribution < 1.29 is 14.3 Å². The number of benzene rings is 2. The van der Waals surface area contributed by atoms with E-state index in [4.69, 9.17) is 39.2 Å². The van der Waals surface area contributed by atoms with Crippen molar-refractivity contribution in [3.63, 3.8) is 0 Å². The Morgan fingerprint density at radius 3 is 2.58 bits per heavy atom. The number of aromatic amines is 1. The molecule has 0 fully saturated rings. The van der Waals surface area contributed by atoms with E-state index in [0.29, 0.717) is 38.0 Å². The highest BCUT2D eigenvalue weighted by Crippen LogP contribution is 2.35. The van der Waals surface area contributed by atoms with Crippen LogP contribution in [0, 0.1) is 0 Å². The Balaban J connectivity index is 1.57. The molecule has 0 spiro atoms. The number of nitrogens with one attached hydrogen (secondary N) is 1. The first-order valence-corrected chi connectivity index (χ1v) is 10.7. The van der Waals surface area contributed by atoms with Crippen LogP contribution >= 0.6 is 46.6 Å². The molecule has 2 aromatic heterocycles. The molecule has 0 amide bonds. The minimum Gasteiger partial charge on any atom is -0.477 e. The van der Waals surface area contributed by atoms with E-state index in [1.807, 2.05) is 0 Å². The molecule has 0 bridgehead atoms. The lowest BCUT2D eigenvalue weighted by Crippen LogP contribution is -1.97. The van der Waals surface area contributed by atoms with Gasteiger partial charge in [0.05, 0.1) is 10.0 Å². The SMILES string of the molecule is O=C(O)/C(=C/c1ccc(-c2cccc(Cl)c2Cl)o1)Sc1n[nH]c(-c2ccc(Cl)cc2)n1. The molecule has 10 heteroatoms. The van der Waals surface area contributed by atoms with Crippen LogP contribution in [0.15, 0.2) is 69.1 Å². The van der Waals surface area contributed by atoms with E-state index < -0.39 is 5.97 Å². The van der Waals surface area contributed by atoms with Gasteiger partial charge in [0, 0.05) is 22.2 Å². The average Bonchev–Trinajstić information content (AvgIpc) is 3.40. The molecule has 0 aliphatic carbocycles. The molecule has 31 heavy (non-hydrogen) atoms. The van der Waals surface area contributed by atoms with E-state index in [0.717, 1.165) is 17.3 Å². The highest BCUT2D eigenvalue weighted by molar-refractivity contribution is 8.04. The first-order valence-electron chi connectivity index (χ1n) is 8.76. The van der Waals surface area contributed by atoms with E-state index in [-0.39, 0.29) is 10.1 Å². The lowest BCUT2D eigenvalue weighted by molar-refractivity contribution is -0.131. The summed E-state index contributed by atoms with van der Waals surface area (Å²) in [5.74, 6) is 0.169. The number of hydrogen-bond acceptors (Lipinski definition) is 5. The minimum atomic E-state index is -1.14. The van der Waals surface area contributed by atoms with E-state index in [1.165, 1.54) is 6.08 Å². The molecule has 4 rings (SSSR count). The lowest BCUT2D eigenvalue weighted by Gasteiger charge is -2.02. The molecule has 2 N–H and O–H groups in total. The Labute approximate surface area is 195 Å². The second kappa shape index (κ2) is 9.20. The number of nitrogens with zero attached hydrogens (tertiary/aromatic N) is 2. The van der Waals surface area contributed by atoms with Gasteiger partial charge in [0.25, 0.3) is 0 Å². The summed E-state index contributed by atoms with van der Waals surface area (Å²) in [6.45, 7) is 0. The molecule has 0 saturated carbocycles. The van der Waals surface area contributed by atoms with Gasteiger partial charge >= 0.3 is 5.97 Å². The molecule has 0 unspecified atom stereocenters. The van der Waals surface area contributed by atoms with Crippen LogP contribution in [0.3, 0.4) is 0 Å². The number of halogens is 3. The molecular formula is C21H12Cl3N3O3S. The molecule has 0 aliphatic heterocycles. The molecular weight excluding hydrogens is 481 g/mol. The van der Waals surface area contributed by atoms with Crippen molar-refractivity contribution in [2.45, 2.75) is 5.16 Å². The van der Waals surface area contributed by atoms with E-state index in [1.54, 1.807) is 54.6 Å². The Morgan fingerprint density at radius 1 is 1.06 bits per heavy atom. The second-order valence-electron chi connectivity index (χ2n) is 6.19. The normalized spacial score (nSPS) is 11.6. The summed E-state index contributed by atoms with van der Waals surface area (Å²) in [4.78, 5) is 16.1. The van der Waals surface area contributed by atoms with Gasteiger partial charge in [-0.3, -0.25) is 5.10 Å². The largest absolute Gasteiger partial charge is 0.477 e. The smallest absolute Gasteiger partial charge is 0.342 e. The minimum absolute atomic E-state index is 0.0141. The number of carbonyl (C=O) groups is 1. The van der Waals surface area contributed by atoms with Gasteiger partial charge in [0.1, 0.15) is 16.4 Å². The third-order valence-electron chi connectivity index (χ3n) is 4.11. The van der Waals surface area contributed by atoms with Crippen LogP contribution in [0.5, 0.6) is 0 Å². The van der Waals surface area contributed by atoms with Gasteiger partial charge in [-0.05, 0) is 60.3 Å². The third kappa shape index (κ3) is 4.97. The molecule has 4 aromatic rings. The third-order valence-corrected chi connectivity index (χ3v) is 6.06. The van der Waals surface area contributed by atoms with Gasteiger partial charge in [0.2, 0.25) is 5.16 Å². The zero-order chi connectivity index (χ0) is 22.0. The van der Waals surface area contributed by atoms with E-state index >= 15 is 0 Å². The van der Waals surface area contributed by atoms with Crippen molar-refractivity contribution in [1.29, 1.82) is 0 Å². The van der Waals surface area contributed by atoms with Crippen molar-refractivity contribution >= 4 is 58.6 Å². The summed E-state index contributed by atoms with van der Waals surface area (Å²) < 4.78 is 5.75. The van der Waals surface area contributed by atoms with Crippen LogP contribution in [0.4, 0.5) is 0 Å².